The van der Waals surface area contributed by atoms with E-state index in [1.165, 1.54) is 0 Å². The highest BCUT2D eigenvalue weighted by molar-refractivity contribution is 5.93. The normalized spacial score (nSPS) is 10.5. The molecule has 0 aliphatic rings. The third-order valence-electron chi connectivity index (χ3n) is 2.49. The molecule has 6 nitrogen and oxygen atoms in total. The summed E-state index contributed by atoms with van der Waals surface area (Å²) in [4.78, 5) is 31.5. The van der Waals surface area contributed by atoms with Crippen LogP contribution in [0.5, 0.6) is 0 Å². The molecule has 0 aliphatic carbocycles. The summed E-state index contributed by atoms with van der Waals surface area (Å²) in [6.07, 6.45) is 7.48. The van der Waals surface area contributed by atoms with Crippen molar-refractivity contribution in [2.45, 2.75) is 44.9 Å². The molecule has 0 atom stereocenters. The van der Waals surface area contributed by atoms with Gasteiger partial charge in [-0.05, 0) is 12.8 Å². The van der Waals surface area contributed by atoms with Crippen LogP contribution in [-0.2, 0) is 14.4 Å². The van der Waals surface area contributed by atoms with E-state index in [1.54, 1.807) is 0 Å². The number of hydrogen-bond donors (Lipinski definition) is 3. The quantitative estimate of drug-likeness (QED) is 0.391. The highest BCUT2D eigenvalue weighted by Gasteiger charge is 1.98. The molecule has 0 saturated carbocycles. The molecule has 0 bridgehead atoms. The Bertz CT molecular complexity index is 325. The predicted octanol–water partition coefficient (Wildman–Crippen LogP) is 1.56. The molecular formula is C13H21NO5. The molecule has 0 aliphatic heterocycles. The molecule has 1 amide bonds. The van der Waals surface area contributed by atoms with Gasteiger partial charge in [0, 0.05) is 25.1 Å². The third-order valence-corrected chi connectivity index (χ3v) is 2.49. The van der Waals surface area contributed by atoms with E-state index < -0.39 is 17.8 Å². The summed E-state index contributed by atoms with van der Waals surface area (Å²) in [5, 5.41) is 19.3. The van der Waals surface area contributed by atoms with Gasteiger partial charge in [0.1, 0.15) is 0 Å². The van der Waals surface area contributed by atoms with Crippen LogP contribution in [0.2, 0.25) is 0 Å². The van der Waals surface area contributed by atoms with Crippen LogP contribution in [0.3, 0.4) is 0 Å². The van der Waals surface area contributed by atoms with Gasteiger partial charge in [0.05, 0.1) is 0 Å². The Hall–Kier alpha value is -1.85. The topological polar surface area (TPSA) is 104 Å². The third kappa shape index (κ3) is 14.1. The molecule has 0 aromatic rings. The van der Waals surface area contributed by atoms with Crippen molar-refractivity contribution >= 4 is 17.8 Å². The summed E-state index contributed by atoms with van der Waals surface area (Å²) in [6, 6.07) is 0. The van der Waals surface area contributed by atoms with Crippen LogP contribution >= 0.6 is 0 Å². The lowest BCUT2D eigenvalue weighted by molar-refractivity contribution is -0.137. The van der Waals surface area contributed by atoms with E-state index >= 15 is 0 Å². The van der Waals surface area contributed by atoms with E-state index in [-0.39, 0.29) is 6.42 Å². The van der Waals surface area contributed by atoms with Crippen molar-refractivity contribution < 1.29 is 24.6 Å². The van der Waals surface area contributed by atoms with Crippen molar-refractivity contribution in [2.24, 2.45) is 0 Å². The molecule has 108 valence electrons. The first-order valence-electron chi connectivity index (χ1n) is 6.43. The maximum absolute atomic E-state index is 11.1. The van der Waals surface area contributed by atoms with Gasteiger partial charge in [-0.1, -0.05) is 25.7 Å². The molecule has 0 aromatic heterocycles. The van der Waals surface area contributed by atoms with Crippen molar-refractivity contribution in [3.63, 3.8) is 0 Å². The second-order valence-corrected chi connectivity index (χ2v) is 4.23. The molecule has 0 rings (SSSR count). The van der Waals surface area contributed by atoms with E-state index in [2.05, 4.69) is 5.32 Å². The van der Waals surface area contributed by atoms with Gasteiger partial charge >= 0.3 is 11.9 Å². The number of unbranched alkanes of at least 4 members (excludes halogenated alkanes) is 5. The first-order chi connectivity index (χ1) is 9.02. The number of carbonyl (C=O) groups excluding carboxylic acids is 1. The van der Waals surface area contributed by atoms with Crippen molar-refractivity contribution in [1.29, 1.82) is 0 Å². The summed E-state index contributed by atoms with van der Waals surface area (Å²) in [7, 11) is 0. The van der Waals surface area contributed by atoms with Gasteiger partial charge in [-0.15, -0.1) is 0 Å². The maximum Gasteiger partial charge on any atom is 0.328 e. The predicted molar refractivity (Wildman–Crippen MR) is 69.7 cm³/mol. The fourth-order valence-electron chi connectivity index (χ4n) is 1.53. The molecule has 0 heterocycles. The van der Waals surface area contributed by atoms with Crippen LogP contribution in [0, 0.1) is 0 Å². The van der Waals surface area contributed by atoms with E-state index in [1.807, 2.05) is 0 Å². The number of aliphatic carboxylic acids is 2. The van der Waals surface area contributed by atoms with E-state index in [0.29, 0.717) is 13.0 Å². The van der Waals surface area contributed by atoms with Crippen LogP contribution in [0.4, 0.5) is 0 Å². The number of carbonyl (C=O) groups is 3. The van der Waals surface area contributed by atoms with Gasteiger partial charge in [0.2, 0.25) is 5.91 Å². The molecular weight excluding hydrogens is 250 g/mol. The lowest BCUT2D eigenvalue weighted by atomic mass is 10.1. The standard InChI is InChI=1S/C13H21NO5/c15-11(8-9-13(18)19)14-10-6-4-2-1-3-5-7-12(16)17/h8-9H,1-7,10H2,(H,14,15)(H,16,17)(H,18,19). The number of carboxylic acids is 2. The first kappa shape index (κ1) is 17.2. The first-order valence-corrected chi connectivity index (χ1v) is 6.43. The Labute approximate surface area is 112 Å². The molecule has 19 heavy (non-hydrogen) atoms. The monoisotopic (exact) mass is 271 g/mol. The summed E-state index contributed by atoms with van der Waals surface area (Å²) in [5.41, 5.74) is 0. The SMILES string of the molecule is O=C(O)C=CC(=O)NCCCCCCCCC(=O)O. The van der Waals surface area contributed by atoms with Gasteiger partial charge in [0.15, 0.2) is 0 Å². The van der Waals surface area contributed by atoms with Gasteiger partial charge in [0.25, 0.3) is 0 Å². The van der Waals surface area contributed by atoms with Gasteiger partial charge in [-0.2, -0.15) is 0 Å². The number of carboxylic acid groups (broad SMARTS) is 2. The average molecular weight is 271 g/mol. The molecule has 0 unspecified atom stereocenters. The Morgan fingerprint density at radius 3 is 2.00 bits per heavy atom. The Kier molecular flexibility index (Phi) is 10.2. The lowest BCUT2D eigenvalue weighted by Gasteiger charge is -2.02. The van der Waals surface area contributed by atoms with Crippen molar-refractivity contribution in [2.75, 3.05) is 6.54 Å². The zero-order valence-electron chi connectivity index (χ0n) is 10.9. The largest absolute Gasteiger partial charge is 0.481 e. The fraction of sp³-hybridized carbons (Fsp3) is 0.615. The van der Waals surface area contributed by atoms with E-state index in [9.17, 15) is 14.4 Å². The highest BCUT2D eigenvalue weighted by atomic mass is 16.4. The number of rotatable bonds is 11. The van der Waals surface area contributed by atoms with Crippen LogP contribution in [0.15, 0.2) is 12.2 Å². The summed E-state index contributed by atoms with van der Waals surface area (Å²) < 4.78 is 0. The molecule has 0 spiro atoms. The maximum atomic E-state index is 11.1. The summed E-state index contributed by atoms with van der Waals surface area (Å²) in [5.74, 6) is -2.29. The molecule has 0 aromatic carbocycles. The zero-order valence-corrected chi connectivity index (χ0v) is 10.9. The summed E-state index contributed by atoms with van der Waals surface area (Å²) >= 11 is 0. The van der Waals surface area contributed by atoms with Crippen molar-refractivity contribution in [1.82, 2.24) is 5.32 Å². The number of amides is 1. The van der Waals surface area contributed by atoms with E-state index in [0.717, 1.165) is 44.3 Å². The minimum atomic E-state index is -1.14. The van der Waals surface area contributed by atoms with Gasteiger partial charge in [-0.3, -0.25) is 9.59 Å². The van der Waals surface area contributed by atoms with Crippen molar-refractivity contribution in [3.05, 3.63) is 12.2 Å². The number of nitrogens with one attached hydrogen (secondary N) is 1. The second-order valence-electron chi connectivity index (χ2n) is 4.23. The second kappa shape index (κ2) is 11.3. The highest BCUT2D eigenvalue weighted by Crippen LogP contribution is 2.06. The molecule has 3 N–H and O–H groups in total. The van der Waals surface area contributed by atoms with Crippen LogP contribution < -0.4 is 5.32 Å². The van der Waals surface area contributed by atoms with Crippen LogP contribution in [-0.4, -0.2) is 34.6 Å². The van der Waals surface area contributed by atoms with Crippen LogP contribution in [0.25, 0.3) is 0 Å². The molecule has 0 saturated heterocycles. The molecule has 6 heteroatoms. The Balaban J connectivity index is 3.29. The summed E-state index contributed by atoms with van der Waals surface area (Å²) in [6.45, 7) is 0.526. The minimum absolute atomic E-state index is 0.228. The fourth-order valence-corrected chi connectivity index (χ4v) is 1.53. The zero-order chi connectivity index (χ0) is 14.5. The minimum Gasteiger partial charge on any atom is -0.481 e. The smallest absolute Gasteiger partial charge is 0.328 e. The molecule has 0 radical (unpaired) electrons. The van der Waals surface area contributed by atoms with Gasteiger partial charge in [-0.25, -0.2) is 4.79 Å². The Morgan fingerprint density at radius 2 is 1.42 bits per heavy atom. The van der Waals surface area contributed by atoms with E-state index in [4.69, 9.17) is 10.2 Å². The average Bonchev–Trinajstić information content (AvgIpc) is 2.34. The van der Waals surface area contributed by atoms with Gasteiger partial charge < -0.3 is 15.5 Å². The van der Waals surface area contributed by atoms with Crippen molar-refractivity contribution in [3.8, 4) is 0 Å². The number of hydrogen-bond acceptors (Lipinski definition) is 3. The van der Waals surface area contributed by atoms with Crippen LogP contribution in [0.1, 0.15) is 44.9 Å². The lowest BCUT2D eigenvalue weighted by Crippen LogP contribution is -2.22. The Morgan fingerprint density at radius 1 is 0.842 bits per heavy atom. The molecule has 0 fully saturated rings.